The summed E-state index contributed by atoms with van der Waals surface area (Å²) in [5.41, 5.74) is 2.62. The van der Waals surface area contributed by atoms with Crippen molar-refractivity contribution in [3.05, 3.63) is 83.6 Å². The molecule has 150 valence electrons. The Hall–Kier alpha value is -3.65. The van der Waals surface area contributed by atoms with Gasteiger partial charge in [0.1, 0.15) is 17.3 Å². The summed E-state index contributed by atoms with van der Waals surface area (Å²) in [5.74, 6) is -1.69. The summed E-state index contributed by atoms with van der Waals surface area (Å²) in [7, 11) is 0. The van der Waals surface area contributed by atoms with E-state index in [2.05, 4.69) is 20.6 Å². The molecule has 5 nitrogen and oxygen atoms in total. The minimum absolute atomic E-state index is 0.480. The number of amides is 2. The van der Waals surface area contributed by atoms with E-state index in [-0.39, 0.29) is 0 Å². The van der Waals surface area contributed by atoms with Gasteiger partial charge in [-0.3, -0.25) is 4.98 Å². The lowest BCUT2D eigenvalue weighted by Crippen LogP contribution is -2.20. The number of aromatic nitrogens is 2. The minimum atomic E-state index is -0.846. The smallest absolute Gasteiger partial charge is 0.308 e. The zero-order valence-electron chi connectivity index (χ0n) is 15.8. The predicted molar refractivity (Wildman–Crippen MR) is 115 cm³/mol. The largest absolute Gasteiger partial charge is 0.323 e. The van der Waals surface area contributed by atoms with E-state index in [9.17, 15) is 13.6 Å². The van der Waals surface area contributed by atoms with Gasteiger partial charge < -0.3 is 10.6 Å². The van der Waals surface area contributed by atoms with Crippen molar-refractivity contribution in [1.82, 2.24) is 9.97 Å². The molecule has 4 rings (SSSR count). The maximum atomic E-state index is 13.8. The van der Waals surface area contributed by atoms with Gasteiger partial charge in [-0.25, -0.2) is 18.6 Å². The summed E-state index contributed by atoms with van der Waals surface area (Å²) in [6.45, 7) is 1.93. The van der Waals surface area contributed by atoms with Gasteiger partial charge in [-0.05, 0) is 48.9 Å². The molecule has 0 bridgehead atoms. The van der Waals surface area contributed by atoms with Crippen molar-refractivity contribution < 1.29 is 13.6 Å². The lowest BCUT2D eigenvalue weighted by Gasteiger charge is -2.10. The summed E-state index contributed by atoms with van der Waals surface area (Å²) in [6, 6.07) is 13.6. The van der Waals surface area contributed by atoms with Crippen LogP contribution in [0, 0.1) is 18.6 Å². The Morgan fingerprint density at radius 2 is 1.63 bits per heavy atom. The molecule has 30 heavy (non-hydrogen) atoms. The number of urea groups is 1. The van der Waals surface area contributed by atoms with Crippen molar-refractivity contribution in [3.8, 4) is 21.7 Å². The first-order chi connectivity index (χ1) is 14.5. The first-order valence-corrected chi connectivity index (χ1v) is 9.83. The Balaban J connectivity index is 1.59. The van der Waals surface area contributed by atoms with Crippen molar-refractivity contribution in [2.75, 3.05) is 10.6 Å². The predicted octanol–water partition coefficient (Wildman–Crippen LogP) is 6.10. The van der Waals surface area contributed by atoms with Crippen molar-refractivity contribution in [3.63, 3.8) is 0 Å². The van der Waals surface area contributed by atoms with Crippen LogP contribution in [-0.2, 0) is 0 Å². The van der Waals surface area contributed by atoms with E-state index in [0.29, 0.717) is 5.69 Å². The molecule has 2 heterocycles. The second kappa shape index (κ2) is 8.38. The quantitative estimate of drug-likeness (QED) is 0.417. The SMILES string of the molecule is Cc1nc(-c2ccncc2)c(-c2cccc(NC(=O)Nc3c(F)cccc3F)c2)s1. The normalized spacial score (nSPS) is 10.6. The van der Waals surface area contributed by atoms with Gasteiger partial charge in [0.25, 0.3) is 0 Å². The molecule has 2 aromatic heterocycles. The number of para-hydroxylation sites is 1. The van der Waals surface area contributed by atoms with Crippen LogP contribution in [0.3, 0.4) is 0 Å². The number of nitrogens with one attached hydrogen (secondary N) is 2. The highest BCUT2D eigenvalue weighted by molar-refractivity contribution is 7.15. The van der Waals surface area contributed by atoms with Crippen molar-refractivity contribution in [2.24, 2.45) is 0 Å². The Morgan fingerprint density at radius 1 is 0.933 bits per heavy atom. The van der Waals surface area contributed by atoms with Gasteiger partial charge in [0.15, 0.2) is 0 Å². The zero-order valence-corrected chi connectivity index (χ0v) is 16.6. The number of benzene rings is 2. The molecule has 0 saturated carbocycles. The molecule has 2 amide bonds. The monoisotopic (exact) mass is 422 g/mol. The summed E-state index contributed by atoms with van der Waals surface area (Å²) >= 11 is 1.54. The molecule has 2 aromatic carbocycles. The number of aryl methyl sites for hydroxylation is 1. The second-order valence-electron chi connectivity index (χ2n) is 6.40. The van der Waals surface area contributed by atoms with Crippen LogP contribution in [-0.4, -0.2) is 16.0 Å². The van der Waals surface area contributed by atoms with Crippen LogP contribution in [0.5, 0.6) is 0 Å². The summed E-state index contributed by atoms with van der Waals surface area (Å²) in [5, 5.41) is 5.73. The summed E-state index contributed by atoms with van der Waals surface area (Å²) < 4.78 is 27.5. The average Bonchev–Trinajstić information content (AvgIpc) is 3.13. The van der Waals surface area contributed by atoms with E-state index < -0.39 is 23.4 Å². The van der Waals surface area contributed by atoms with Gasteiger partial charge in [-0.15, -0.1) is 11.3 Å². The van der Waals surface area contributed by atoms with E-state index in [4.69, 9.17) is 0 Å². The lowest BCUT2D eigenvalue weighted by molar-refractivity contribution is 0.262. The summed E-state index contributed by atoms with van der Waals surface area (Å²) in [4.78, 5) is 21.9. The maximum Gasteiger partial charge on any atom is 0.323 e. The Bertz CT molecular complexity index is 1190. The first kappa shape index (κ1) is 19.7. The van der Waals surface area contributed by atoms with E-state index in [0.717, 1.165) is 38.8 Å². The van der Waals surface area contributed by atoms with Gasteiger partial charge in [-0.1, -0.05) is 18.2 Å². The third-order valence-electron chi connectivity index (χ3n) is 4.27. The zero-order chi connectivity index (χ0) is 21.1. The number of hydrogen-bond donors (Lipinski definition) is 2. The first-order valence-electron chi connectivity index (χ1n) is 9.01. The molecule has 0 spiro atoms. The summed E-state index contributed by atoms with van der Waals surface area (Å²) in [6.07, 6.45) is 3.41. The fourth-order valence-electron chi connectivity index (χ4n) is 2.96. The van der Waals surface area contributed by atoms with E-state index in [1.807, 2.05) is 25.1 Å². The van der Waals surface area contributed by atoms with Crippen LogP contribution >= 0.6 is 11.3 Å². The second-order valence-corrected chi connectivity index (χ2v) is 7.61. The van der Waals surface area contributed by atoms with E-state index in [1.54, 1.807) is 30.6 Å². The Morgan fingerprint density at radius 3 is 2.37 bits per heavy atom. The molecule has 0 atom stereocenters. The number of pyridine rings is 1. The number of nitrogens with zero attached hydrogens (tertiary/aromatic N) is 2. The molecular formula is C22H16F2N4OS. The maximum absolute atomic E-state index is 13.8. The van der Waals surface area contributed by atoms with Crippen molar-refractivity contribution in [1.29, 1.82) is 0 Å². The number of carbonyl (C=O) groups excluding carboxylic acids is 1. The number of thiazole rings is 1. The topological polar surface area (TPSA) is 66.9 Å². The Kier molecular flexibility index (Phi) is 5.49. The number of halogens is 2. The molecule has 0 fully saturated rings. The fourth-order valence-corrected chi connectivity index (χ4v) is 3.90. The van der Waals surface area contributed by atoms with Crippen LogP contribution in [0.1, 0.15) is 5.01 Å². The molecular weight excluding hydrogens is 406 g/mol. The number of carbonyl (C=O) groups is 1. The Labute approximate surface area is 175 Å². The van der Waals surface area contributed by atoms with Gasteiger partial charge in [-0.2, -0.15) is 0 Å². The lowest BCUT2D eigenvalue weighted by atomic mass is 10.1. The van der Waals surface area contributed by atoms with Crippen LogP contribution < -0.4 is 10.6 Å². The van der Waals surface area contributed by atoms with E-state index >= 15 is 0 Å². The van der Waals surface area contributed by atoms with Crippen molar-refractivity contribution in [2.45, 2.75) is 6.92 Å². The van der Waals surface area contributed by atoms with Crippen LogP contribution in [0.15, 0.2) is 67.0 Å². The molecule has 0 saturated heterocycles. The molecule has 0 unspecified atom stereocenters. The highest BCUT2D eigenvalue weighted by atomic mass is 32.1. The number of rotatable bonds is 4. The molecule has 0 aliphatic rings. The molecule has 0 radical (unpaired) electrons. The number of anilines is 2. The standard InChI is InChI=1S/C22H16F2N4OS/c1-13-26-19(14-8-10-25-11-9-14)21(30-13)15-4-2-5-16(12-15)27-22(29)28-20-17(23)6-3-7-18(20)24/h2-12H,1H3,(H2,27,28,29). The van der Waals surface area contributed by atoms with Gasteiger partial charge >= 0.3 is 6.03 Å². The highest BCUT2D eigenvalue weighted by Gasteiger charge is 2.15. The van der Waals surface area contributed by atoms with E-state index in [1.165, 1.54) is 17.4 Å². The highest BCUT2D eigenvalue weighted by Crippen LogP contribution is 2.37. The third-order valence-corrected chi connectivity index (χ3v) is 5.29. The van der Waals surface area contributed by atoms with Gasteiger partial charge in [0.2, 0.25) is 0 Å². The molecule has 8 heteroatoms. The van der Waals surface area contributed by atoms with Gasteiger partial charge in [0, 0.05) is 23.6 Å². The number of hydrogen-bond acceptors (Lipinski definition) is 4. The van der Waals surface area contributed by atoms with Crippen LogP contribution in [0.25, 0.3) is 21.7 Å². The fraction of sp³-hybridized carbons (Fsp3) is 0.0455. The molecule has 2 N–H and O–H groups in total. The third kappa shape index (κ3) is 4.18. The van der Waals surface area contributed by atoms with Gasteiger partial charge in [0.05, 0.1) is 15.6 Å². The van der Waals surface area contributed by atoms with Crippen molar-refractivity contribution >= 4 is 28.7 Å². The van der Waals surface area contributed by atoms with Crippen LogP contribution in [0.2, 0.25) is 0 Å². The molecule has 4 aromatic rings. The molecule has 0 aliphatic heterocycles. The minimum Gasteiger partial charge on any atom is -0.308 e. The van der Waals surface area contributed by atoms with Crippen LogP contribution in [0.4, 0.5) is 25.0 Å². The molecule has 0 aliphatic carbocycles. The average molecular weight is 422 g/mol.